The first-order valence-corrected chi connectivity index (χ1v) is 11.1. The standard InChI is InChI=1S/C23H21Cl2N7O2/c24-17-9-30-10-18(25)20(17)22(29)34-15-1-2-19(27)16(6-15)21(28)13-5-12(7-26)23(31-8-13)32-4-3-14(32)11-33/h1-2,5-6,8-10,14,22,28,33H,3-4,11,27,29H2/t14-,22-/m0/s1. The van der Waals surface area contributed by atoms with E-state index < -0.39 is 6.23 Å². The molecule has 1 saturated heterocycles. The van der Waals surface area contributed by atoms with Gasteiger partial charge in [0.05, 0.1) is 34.0 Å². The Kier molecular flexibility index (Phi) is 6.86. The number of aliphatic hydroxyl groups excluding tert-OH is 1. The van der Waals surface area contributed by atoms with Crippen molar-refractivity contribution in [3.8, 4) is 11.8 Å². The summed E-state index contributed by atoms with van der Waals surface area (Å²) in [6.45, 7) is 0.702. The lowest BCUT2D eigenvalue weighted by Crippen LogP contribution is -2.50. The average molecular weight is 498 g/mol. The molecule has 0 amide bonds. The van der Waals surface area contributed by atoms with Gasteiger partial charge in [-0.05, 0) is 30.7 Å². The number of aromatic nitrogens is 2. The largest absolute Gasteiger partial charge is 0.471 e. The summed E-state index contributed by atoms with van der Waals surface area (Å²) < 4.78 is 5.82. The molecule has 2 aromatic heterocycles. The number of hydrogen-bond donors (Lipinski definition) is 4. The summed E-state index contributed by atoms with van der Waals surface area (Å²) in [5.41, 5.74) is 14.2. The van der Waals surface area contributed by atoms with E-state index in [1.807, 2.05) is 4.90 Å². The van der Waals surface area contributed by atoms with Gasteiger partial charge < -0.3 is 20.5 Å². The fraction of sp³-hybridized carbons (Fsp3) is 0.217. The van der Waals surface area contributed by atoms with Crippen molar-refractivity contribution in [2.45, 2.75) is 18.7 Å². The van der Waals surface area contributed by atoms with Crippen LogP contribution in [0.25, 0.3) is 0 Å². The molecule has 6 N–H and O–H groups in total. The summed E-state index contributed by atoms with van der Waals surface area (Å²) in [7, 11) is 0. The Hall–Kier alpha value is -3.42. The second-order valence-electron chi connectivity index (χ2n) is 7.70. The third-order valence-electron chi connectivity index (χ3n) is 5.63. The number of halogens is 2. The van der Waals surface area contributed by atoms with Crippen molar-refractivity contribution in [1.29, 1.82) is 10.7 Å². The van der Waals surface area contributed by atoms with Crippen LogP contribution in [0, 0.1) is 16.7 Å². The zero-order valence-corrected chi connectivity index (χ0v) is 19.4. The summed E-state index contributed by atoms with van der Waals surface area (Å²) in [4.78, 5) is 10.2. The minimum atomic E-state index is -0.976. The first-order chi connectivity index (χ1) is 16.3. The summed E-state index contributed by atoms with van der Waals surface area (Å²) in [5, 5.41) is 28.3. The fourth-order valence-electron chi connectivity index (χ4n) is 3.69. The third kappa shape index (κ3) is 4.49. The number of rotatable bonds is 7. The average Bonchev–Trinajstić information content (AvgIpc) is 2.79. The van der Waals surface area contributed by atoms with Crippen LogP contribution in [0.2, 0.25) is 10.0 Å². The Balaban J connectivity index is 1.61. The van der Waals surface area contributed by atoms with E-state index in [0.717, 1.165) is 6.42 Å². The molecule has 34 heavy (non-hydrogen) atoms. The summed E-state index contributed by atoms with van der Waals surface area (Å²) in [6.07, 6.45) is 4.21. The van der Waals surface area contributed by atoms with Crippen molar-refractivity contribution in [1.82, 2.24) is 9.97 Å². The number of pyridine rings is 2. The van der Waals surface area contributed by atoms with E-state index in [2.05, 4.69) is 16.0 Å². The second-order valence-corrected chi connectivity index (χ2v) is 8.52. The van der Waals surface area contributed by atoms with Crippen LogP contribution in [0.5, 0.6) is 5.75 Å². The van der Waals surface area contributed by atoms with Crippen molar-refractivity contribution in [3.63, 3.8) is 0 Å². The highest BCUT2D eigenvalue weighted by molar-refractivity contribution is 6.35. The monoisotopic (exact) mass is 497 g/mol. The van der Waals surface area contributed by atoms with Crippen LogP contribution in [0.4, 0.5) is 11.5 Å². The normalized spacial score (nSPS) is 15.9. The molecule has 1 aromatic carbocycles. The maximum atomic E-state index is 9.64. The lowest BCUT2D eigenvalue weighted by atomic mass is 9.99. The van der Waals surface area contributed by atoms with Gasteiger partial charge in [0, 0.05) is 47.5 Å². The molecule has 1 fully saturated rings. The van der Waals surface area contributed by atoms with E-state index in [1.54, 1.807) is 24.3 Å². The van der Waals surface area contributed by atoms with Crippen LogP contribution in [0.1, 0.15) is 34.9 Å². The maximum absolute atomic E-state index is 9.64. The molecule has 9 nitrogen and oxygen atoms in total. The maximum Gasteiger partial charge on any atom is 0.177 e. The molecule has 0 unspecified atom stereocenters. The Bertz CT molecular complexity index is 1270. The Morgan fingerprint density at radius 3 is 2.65 bits per heavy atom. The molecule has 0 bridgehead atoms. The number of nitrogen functional groups attached to an aromatic ring is 1. The van der Waals surface area contributed by atoms with Crippen LogP contribution in [0.15, 0.2) is 42.9 Å². The van der Waals surface area contributed by atoms with Crippen molar-refractivity contribution in [2.75, 3.05) is 23.8 Å². The van der Waals surface area contributed by atoms with Gasteiger partial charge in [0.15, 0.2) is 6.23 Å². The van der Waals surface area contributed by atoms with Crippen LogP contribution in [-0.2, 0) is 0 Å². The number of nitrogens with zero attached hydrogens (tertiary/aromatic N) is 4. The molecule has 3 heterocycles. The van der Waals surface area contributed by atoms with E-state index >= 15 is 0 Å². The van der Waals surface area contributed by atoms with E-state index in [9.17, 15) is 10.4 Å². The smallest absolute Gasteiger partial charge is 0.177 e. The highest BCUT2D eigenvalue weighted by atomic mass is 35.5. The van der Waals surface area contributed by atoms with Gasteiger partial charge >= 0.3 is 0 Å². The van der Waals surface area contributed by atoms with Gasteiger partial charge in [-0.15, -0.1) is 0 Å². The Morgan fingerprint density at radius 1 is 1.29 bits per heavy atom. The molecule has 0 spiro atoms. The van der Waals surface area contributed by atoms with E-state index in [4.69, 9.17) is 44.8 Å². The van der Waals surface area contributed by atoms with Gasteiger partial charge in [0.25, 0.3) is 0 Å². The first-order valence-electron chi connectivity index (χ1n) is 10.3. The van der Waals surface area contributed by atoms with Gasteiger partial charge in [-0.25, -0.2) is 4.98 Å². The highest BCUT2D eigenvalue weighted by Crippen LogP contribution is 2.32. The molecule has 0 aliphatic carbocycles. The van der Waals surface area contributed by atoms with Crippen LogP contribution < -0.4 is 21.1 Å². The molecule has 4 rings (SSSR count). The quantitative estimate of drug-likeness (QED) is 0.220. The number of ether oxygens (including phenoxy) is 1. The molecule has 11 heteroatoms. The van der Waals surface area contributed by atoms with Gasteiger partial charge in [0.2, 0.25) is 0 Å². The number of anilines is 2. The highest BCUT2D eigenvalue weighted by Gasteiger charge is 2.30. The predicted molar refractivity (Wildman–Crippen MR) is 130 cm³/mol. The minimum absolute atomic E-state index is 0.00843. The van der Waals surface area contributed by atoms with Crippen molar-refractivity contribution in [3.05, 3.63) is 75.2 Å². The fourth-order valence-corrected chi connectivity index (χ4v) is 4.27. The molecule has 0 saturated carbocycles. The van der Waals surface area contributed by atoms with Gasteiger partial charge in [-0.1, -0.05) is 23.2 Å². The lowest BCUT2D eigenvalue weighted by molar-refractivity contribution is 0.214. The summed E-state index contributed by atoms with van der Waals surface area (Å²) >= 11 is 12.3. The molecule has 174 valence electrons. The van der Waals surface area contributed by atoms with Crippen LogP contribution in [-0.4, -0.2) is 40.0 Å². The van der Waals surface area contributed by atoms with Crippen molar-refractivity contribution >= 4 is 40.4 Å². The Labute approximate surface area is 206 Å². The molecule has 3 aromatic rings. The van der Waals surface area contributed by atoms with E-state index in [1.165, 1.54) is 18.6 Å². The lowest BCUT2D eigenvalue weighted by Gasteiger charge is -2.41. The number of nitriles is 1. The number of aliphatic hydroxyl groups is 1. The van der Waals surface area contributed by atoms with E-state index in [-0.39, 0.29) is 28.4 Å². The van der Waals surface area contributed by atoms with Crippen LogP contribution in [0.3, 0.4) is 0 Å². The number of nitrogens with one attached hydrogen (secondary N) is 1. The number of benzene rings is 1. The first kappa shape index (κ1) is 23.7. The van der Waals surface area contributed by atoms with Crippen molar-refractivity contribution < 1.29 is 9.84 Å². The summed E-state index contributed by atoms with van der Waals surface area (Å²) in [6, 6.07) is 8.47. The van der Waals surface area contributed by atoms with Crippen LogP contribution >= 0.6 is 23.2 Å². The van der Waals surface area contributed by atoms with Gasteiger partial charge in [-0.3, -0.25) is 16.1 Å². The SMILES string of the molecule is N#Cc1cc(C(=N)c2cc(O[C@H](N)c3c(Cl)cncc3Cl)ccc2N)cnc1N1CC[C@H]1CO. The number of hydrogen-bond acceptors (Lipinski definition) is 9. The third-order valence-corrected chi connectivity index (χ3v) is 6.24. The van der Waals surface area contributed by atoms with Gasteiger partial charge in [-0.2, -0.15) is 5.26 Å². The molecular formula is C23H21Cl2N7O2. The molecular weight excluding hydrogens is 477 g/mol. The Morgan fingerprint density at radius 2 is 2.03 bits per heavy atom. The predicted octanol–water partition coefficient (Wildman–Crippen LogP) is 3.26. The molecule has 0 radical (unpaired) electrons. The zero-order chi connectivity index (χ0) is 24.4. The van der Waals surface area contributed by atoms with E-state index in [0.29, 0.717) is 46.1 Å². The zero-order valence-electron chi connectivity index (χ0n) is 17.9. The summed E-state index contributed by atoms with van der Waals surface area (Å²) in [5.74, 6) is 0.841. The number of nitrogens with two attached hydrogens (primary N) is 2. The van der Waals surface area contributed by atoms with Gasteiger partial charge in [0.1, 0.15) is 17.6 Å². The topological polar surface area (TPSA) is 158 Å². The van der Waals surface area contributed by atoms with Crippen molar-refractivity contribution in [2.24, 2.45) is 5.73 Å². The second kappa shape index (κ2) is 9.83. The molecule has 2 atom stereocenters. The minimum Gasteiger partial charge on any atom is -0.471 e. The molecule has 1 aliphatic heterocycles. The molecule has 1 aliphatic rings.